The van der Waals surface area contributed by atoms with E-state index in [0.717, 1.165) is 5.75 Å². The van der Waals surface area contributed by atoms with Gasteiger partial charge in [0.1, 0.15) is 12.4 Å². The second-order valence-electron chi connectivity index (χ2n) is 6.39. The Balaban J connectivity index is 1.78. The largest absolute Gasteiger partial charge is 0.492 e. The second kappa shape index (κ2) is 7.51. The van der Waals surface area contributed by atoms with Crippen LogP contribution in [0.15, 0.2) is 48.5 Å². The number of carbonyl (C=O) groups is 1. The molecule has 1 amide bonds. The van der Waals surface area contributed by atoms with Crippen LogP contribution in [0.3, 0.4) is 0 Å². The Morgan fingerprint density at radius 3 is 2.43 bits per heavy atom. The number of nitrogens with one attached hydrogen (secondary N) is 1. The van der Waals surface area contributed by atoms with E-state index in [1.165, 1.54) is 5.56 Å². The lowest BCUT2D eigenvalue weighted by Crippen LogP contribution is -2.28. The van der Waals surface area contributed by atoms with Gasteiger partial charge in [-0.2, -0.15) is 0 Å². The monoisotopic (exact) mass is 331 g/mol. The number of hydrogen-bond donors (Lipinski definition) is 1. The third-order valence-corrected chi connectivity index (χ3v) is 3.70. The summed E-state index contributed by atoms with van der Waals surface area (Å²) in [5, 5.41) is 3.36. The zero-order valence-electron chi connectivity index (χ0n) is 13.7. The van der Waals surface area contributed by atoms with Gasteiger partial charge in [0.15, 0.2) is 0 Å². The third kappa shape index (κ3) is 5.29. The molecule has 0 spiro atoms. The first-order chi connectivity index (χ1) is 10.9. The van der Waals surface area contributed by atoms with E-state index in [-0.39, 0.29) is 11.3 Å². The van der Waals surface area contributed by atoms with Gasteiger partial charge >= 0.3 is 0 Å². The first-order valence-corrected chi connectivity index (χ1v) is 8.01. The molecule has 3 nitrogen and oxygen atoms in total. The zero-order chi connectivity index (χ0) is 16.9. The Labute approximate surface area is 142 Å². The van der Waals surface area contributed by atoms with Crippen molar-refractivity contribution in [2.75, 3.05) is 13.2 Å². The van der Waals surface area contributed by atoms with Gasteiger partial charge in [0, 0.05) is 10.6 Å². The average molecular weight is 332 g/mol. The number of halogens is 1. The second-order valence-corrected chi connectivity index (χ2v) is 6.83. The average Bonchev–Trinajstić information content (AvgIpc) is 2.51. The summed E-state index contributed by atoms with van der Waals surface area (Å²) in [5.41, 5.74) is 1.94. The molecule has 0 heterocycles. The molecular formula is C19H22ClNO2. The molecule has 0 aromatic heterocycles. The summed E-state index contributed by atoms with van der Waals surface area (Å²) in [6.45, 7) is 7.38. The predicted molar refractivity (Wildman–Crippen MR) is 94.4 cm³/mol. The molecule has 23 heavy (non-hydrogen) atoms. The minimum atomic E-state index is -0.154. The Hall–Kier alpha value is -2.00. The van der Waals surface area contributed by atoms with E-state index >= 15 is 0 Å². The molecule has 122 valence electrons. The van der Waals surface area contributed by atoms with Crippen LogP contribution < -0.4 is 10.1 Å². The van der Waals surface area contributed by atoms with Gasteiger partial charge in [-0.3, -0.25) is 4.79 Å². The highest BCUT2D eigenvalue weighted by atomic mass is 35.5. The van der Waals surface area contributed by atoms with Crippen LogP contribution in [0.5, 0.6) is 5.75 Å². The summed E-state index contributed by atoms with van der Waals surface area (Å²) in [6, 6.07) is 14.9. The Morgan fingerprint density at radius 1 is 1.13 bits per heavy atom. The number of benzene rings is 2. The predicted octanol–water partition coefficient (Wildman–Crippen LogP) is 4.45. The van der Waals surface area contributed by atoms with Gasteiger partial charge in [-0.25, -0.2) is 0 Å². The number of hydrogen-bond acceptors (Lipinski definition) is 2. The van der Waals surface area contributed by atoms with Crippen LogP contribution in [-0.2, 0) is 5.41 Å². The van der Waals surface area contributed by atoms with Crippen LogP contribution in [0.4, 0.5) is 0 Å². The van der Waals surface area contributed by atoms with Crippen molar-refractivity contribution in [2.45, 2.75) is 26.2 Å². The minimum absolute atomic E-state index is 0.128. The van der Waals surface area contributed by atoms with Crippen LogP contribution in [0.2, 0.25) is 5.02 Å². The molecule has 0 aliphatic carbocycles. The Kier molecular flexibility index (Phi) is 5.67. The van der Waals surface area contributed by atoms with Crippen molar-refractivity contribution in [1.82, 2.24) is 5.32 Å². The van der Waals surface area contributed by atoms with Gasteiger partial charge < -0.3 is 10.1 Å². The van der Waals surface area contributed by atoms with Crippen molar-refractivity contribution in [1.29, 1.82) is 0 Å². The summed E-state index contributed by atoms with van der Waals surface area (Å²) in [5.74, 6) is 0.647. The molecule has 0 aliphatic heterocycles. The van der Waals surface area contributed by atoms with Crippen molar-refractivity contribution in [2.24, 2.45) is 0 Å². The van der Waals surface area contributed by atoms with Crippen LogP contribution in [0, 0.1) is 0 Å². The van der Waals surface area contributed by atoms with Crippen LogP contribution in [0.1, 0.15) is 36.7 Å². The van der Waals surface area contributed by atoms with Gasteiger partial charge in [-0.1, -0.05) is 50.6 Å². The highest BCUT2D eigenvalue weighted by molar-refractivity contribution is 6.30. The van der Waals surface area contributed by atoms with Crippen LogP contribution >= 0.6 is 11.6 Å². The smallest absolute Gasteiger partial charge is 0.251 e. The van der Waals surface area contributed by atoms with Crippen LogP contribution in [0.25, 0.3) is 0 Å². The van der Waals surface area contributed by atoms with Crippen molar-refractivity contribution in [3.8, 4) is 5.75 Å². The van der Waals surface area contributed by atoms with E-state index in [9.17, 15) is 4.79 Å². The van der Waals surface area contributed by atoms with Crippen LogP contribution in [-0.4, -0.2) is 19.1 Å². The molecular weight excluding hydrogens is 310 g/mol. The minimum Gasteiger partial charge on any atom is -0.492 e. The maximum absolute atomic E-state index is 11.9. The SMILES string of the molecule is CC(C)(C)c1ccc(OCCNC(=O)c2cccc(Cl)c2)cc1. The third-order valence-electron chi connectivity index (χ3n) is 3.46. The quantitative estimate of drug-likeness (QED) is 0.822. The topological polar surface area (TPSA) is 38.3 Å². The maximum atomic E-state index is 11.9. The van der Waals surface area contributed by atoms with Gasteiger partial charge in [0.25, 0.3) is 5.91 Å². The van der Waals surface area contributed by atoms with Gasteiger partial charge in [-0.05, 0) is 41.3 Å². The summed E-state index contributed by atoms with van der Waals surface area (Å²) < 4.78 is 5.64. The lowest BCUT2D eigenvalue weighted by Gasteiger charge is -2.19. The molecule has 4 heteroatoms. The molecule has 0 atom stereocenters. The maximum Gasteiger partial charge on any atom is 0.251 e. The number of rotatable bonds is 5. The van der Waals surface area contributed by atoms with Crippen molar-refractivity contribution in [3.05, 3.63) is 64.7 Å². The fraction of sp³-hybridized carbons (Fsp3) is 0.316. The standard InChI is InChI=1S/C19H22ClNO2/c1-19(2,3)15-7-9-17(10-8-15)23-12-11-21-18(22)14-5-4-6-16(20)13-14/h4-10,13H,11-12H2,1-3H3,(H,21,22). The number of carbonyl (C=O) groups excluding carboxylic acids is 1. The molecule has 0 aliphatic rings. The lowest BCUT2D eigenvalue weighted by molar-refractivity contribution is 0.0947. The fourth-order valence-electron chi connectivity index (χ4n) is 2.12. The van der Waals surface area contributed by atoms with E-state index < -0.39 is 0 Å². The molecule has 1 N–H and O–H groups in total. The van der Waals surface area contributed by atoms with E-state index in [1.807, 2.05) is 12.1 Å². The van der Waals surface area contributed by atoms with Crippen molar-refractivity contribution in [3.63, 3.8) is 0 Å². The summed E-state index contributed by atoms with van der Waals surface area (Å²) in [7, 11) is 0. The van der Waals surface area contributed by atoms with Crippen molar-refractivity contribution >= 4 is 17.5 Å². The van der Waals surface area contributed by atoms with Gasteiger partial charge in [0.2, 0.25) is 0 Å². The van der Waals surface area contributed by atoms with Gasteiger partial charge in [-0.15, -0.1) is 0 Å². The summed E-state index contributed by atoms with van der Waals surface area (Å²) in [6.07, 6.45) is 0. The van der Waals surface area contributed by atoms with E-state index in [4.69, 9.17) is 16.3 Å². The molecule has 0 saturated carbocycles. The Bertz CT molecular complexity index is 660. The molecule has 0 unspecified atom stereocenters. The first-order valence-electron chi connectivity index (χ1n) is 7.63. The molecule has 2 aromatic carbocycles. The van der Waals surface area contributed by atoms with E-state index in [0.29, 0.717) is 23.7 Å². The lowest BCUT2D eigenvalue weighted by atomic mass is 9.87. The molecule has 0 radical (unpaired) electrons. The summed E-state index contributed by atoms with van der Waals surface area (Å²) >= 11 is 5.87. The molecule has 0 saturated heterocycles. The molecule has 0 bridgehead atoms. The fourth-order valence-corrected chi connectivity index (χ4v) is 2.31. The highest BCUT2D eigenvalue weighted by Gasteiger charge is 2.12. The summed E-state index contributed by atoms with van der Waals surface area (Å²) in [4.78, 5) is 11.9. The first kappa shape index (κ1) is 17.4. The molecule has 2 rings (SSSR count). The van der Waals surface area contributed by atoms with Crippen molar-refractivity contribution < 1.29 is 9.53 Å². The highest BCUT2D eigenvalue weighted by Crippen LogP contribution is 2.24. The van der Waals surface area contributed by atoms with E-state index in [2.05, 4.69) is 38.2 Å². The van der Waals surface area contributed by atoms with Gasteiger partial charge in [0.05, 0.1) is 6.54 Å². The zero-order valence-corrected chi connectivity index (χ0v) is 14.5. The molecule has 0 fully saturated rings. The number of amides is 1. The number of ether oxygens (including phenoxy) is 1. The van der Waals surface area contributed by atoms with E-state index in [1.54, 1.807) is 24.3 Å². The molecule has 2 aromatic rings. The Morgan fingerprint density at radius 2 is 1.83 bits per heavy atom. The normalized spacial score (nSPS) is 11.1.